The fourth-order valence-corrected chi connectivity index (χ4v) is 5.33. The molecule has 1 aromatic rings. The van der Waals surface area contributed by atoms with Crippen LogP contribution in [0.4, 0.5) is 5.69 Å². The zero-order valence-corrected chi connectivity index (χ0v) is 16.7. The highest BCUT2D eigenvalue weighted by Crippen LogP contribution is 2.32. The Balaban J connectivity index is 2.12. The van der Waals surface area contributed by atoms with E-state index < -0.39 is 9.84 Å². The van der Waals surface area contributed by atoms with Crippen LogP contribution in [0.15, 0.2) is 18.2 Å². The first-order valence-electron chi connectivity index (χ1n) is 9.06. The summed E-state index contributed by atoms with van der Waals surface area (Å²) in [6, 6.07) is 6.18. The Morgan fingerprint density at radius 2 is 1.76 bits per heavy atom. The summed E-state index contributed by atoms with van der Waals surface area (Å²) >= 11 is 0. The third-order valence-electron chi connectivity index (χ3n) is 5.01. The molecule has 2 rings (SSSR count). The van der Waals surface area contributed by atoms with E-state index >= 15 is 0 Å². The first-order chi connectivity index (χ1) is 11.6. The average Bonchev–Trinajstić information content (AvgIpc) is 2.87. The Hall–Kier alpha value is -1.40. The van der Waals surface area contributed by atoms with Gasteiger partial charge < -0.3 is 10.2 Å². The van der Waals surface area contributed by atoms with Crippen molar-refractivity contribution in [3.8, 4) is 0 Å². The Morgan fingerprint density at radius 3 is 2.20 bits per heavy atom. The summed E-state index contributed by atoms with van der Waals surface area (Å²) in [4.78, 5) is 13.6. The van der Waals surface area contributed by atoms with Gasteiger partial charge in [-0.2, -0.15) is 0 Å². The predicted octanol–water partition coefficient (Wildman–Crippen LogP) is 1.57. The van der Waals surface area contributed by atoms with E-state index in [-0.39, 0.29) is 30.0 Å². The zero-order chi connectivity index (χ0) is 18.8. The monoisotopic (exact) mass is 367 g/mol. The van der Waals surface area contributed by atoms with E-state index in [0.29, 0.717) is 18.3 Å². The molecule has 1 amide bonds. The van der Waals surface area contributed by atoms with Crippen molar-refractivity contribution in [2.24, 2.45) is 0 Å². The van der Waals surface area contributed by atoms with Crippen LogP contribution in [0.3, 0.4) is 0 Å². The molecule has 2 N–H and O–H groups in total. The molecule has 0 bridgehead atoms. The Bertz CT molecular complexity index is 700. The maximum Gasteiger partial charge on any atom is 0.279 e. The van der Waals surface area contributed by atoms with Crippen LogP contribution in [-0.4, -0.2) is 45.5 Å². The summed E-state index contributed by atoms with van der Waals surface area (Å²) in [7, 11) is -1.02. The van der Waals surface area contributed by atoms with Crippen molar-refractivity contribution in [2.45, 2.75) is 52.0 Å². The van der Waals surface area contributed by atoms with Crippen LogP contribution in [0, 0.1) is 0 Å². The van der Waals surface area contributed by atoms with Crippen molar-refractivity contribution in [2.75, 3.05) is 30.4 Å². The third kappa shape index (κ3) is 5.05. The average molecular weight is 368 g/mol. The number of carbonyl (C=O) groups excluding carboxylic acids is 1. The van der Waals surface area contributed by atoms with Gasteiger partial charge in [-0.05, 0) is 23.0 Å². The second kappa shape index (κ2) is 7.87. The van der Waals surface area contributed by atoms with Gasteiger partial charge in [0.2, 0.25) is 0 Å². The highest BCUT2D eigenvalue weighted by molar-refractivity contribution is 7.91. The Labute approximate surface area is 151 Å². The summed E-state index contributed by atoms with van der Waals surface area (Å²) in [5, 5.41) is 3.11. The molecule has 1 heterocycles. The standard InChI is InChI=1S/C19H30N2O3S/c1-13(2)16-7-6-8-17(14(3)4)19(16)20-18(22)11-21(5)15-9-10-25(23,24)12-15/h6-8,13-15H,9-12H2,1-5H3,(H,20,22)/p+1/t15-/m0/s1. The lowest BCUT2D eigenvalue weighted by molar-refractivity contribution is -0.894. The number of nitrogens with one attached hydrogen (secondary N) is 2. The first-order valence-corrected chi connectivity index (χ1v) is 10.9. The van der Waals surface area contributed by atoms with Gasteiger partial charge in [-0.3, -0.25) is 4.79 Å². The number of sulfone groups is 1. The van der Waals surface area contributed by atoms with Crippen LogP contribution < -0.4 is 10.2 Å². The molecule has 0 aromatic heterocycles. The lowest BCUT2D eigenvalue weighted by Gasteiger charge is -2.22. The van der Waals surface area contributed by atoms with Gasteiger partial charge in [0.15, 0.2) is 16.4 Å². The van der Waals surface area contributed by atoms with Crippen LogP contribution in [0.1, 0.15) is 57.1 Å². The van der Waals surface area contributed by atoms with Crippen molar-refractivity contribution in [1.82, 2.24) is 0 Å². The normalized spacial score (nSPS) is 20.8. The maximum atomic E-state index is 12.6. The molecule has 6 heteroatoms. The van der Waals surface area contributed by atoms with E-state index in [9.17, 15) is 13.2 Å². The SMILES string of the molecule is CC(C)c1cccc(C(C)C)c1NC(=O)C[NH+](C)[C@H]1CCS(=O)(=O)C1. The van der Waals surface area contributed by atoms with Crippen LogP contribution in [0.25, 0.3) is 0 Å². The van der Waals surface area contributed by atoms with Crippen LogP contribution in [-0.2, 0) is 14.6 Å². The number of quaternary nitrogens is 1. The summed E-state index contributed by atoms with van der Waals surface area (Å²) in [6.45, 7) is 8.77. The van der Waals surface area contributed by atoms with E-state index in [0.717, 1.165) is 21.7 Å². The number of anilines is 1. The highest BCUT2D eigenvalue weighted by Gasteiger charge is 2.34. The number of amides is 1. The fourth-order valence-electron chi connectivity index (χ4n) is 3.46. The molecular formula is C19H31N2O3S+. The first kappa shape index (κ1) is 19.9. The van der Waals surface area contributed by atoms with Gasteiger partial charge in [0.1, 0.15) is 11.8 Å². The van der Waals surface area contributed by atoms with Gasteiger partial charge in [-0.25, -0.2) is 8.42 Å². The molecule has 25 heavy (non-hydrogen) atoms. The zero-order valence-electron chi connectivity index (χ0n) is 15.9. The largest absolute Gasteiger partial charge is 0.326 e. The second-order valence-corrected chi connectivity index (χ2v) is 10.0. The number of hydrogen-bond donors (Lipinski definition) is 2. The minimum absolute atomic E-state index is 0.0145. The molecule has 1 aliphatic rings. The Kier molecular flexibility index (Phi) is 6.27. The molecule has 1 unspecified atom stereocenters. The molecule has 0 saturated carbocycles. The molecule has 1 aliphatic heterocycles. The number of benzene rings is 1. The van der Waals surface area contributed by atoms with E-state index in [2.05, 4.69) is 45.1 Å². The van der Waals surface area contributed by atoms with Crippen molar-refractivity contribution >= 4 is 21.4 Å². The highest BCUT2D eigenvalue weighted by atomic mass is 32.2. The molecule has 0 aliphatic carbocycles. The molecule has 140 valence electrons. The molecule has 2 atom stereocenters. The van der Waals surface area contributed by atoms with Crippen LogP contribution >= 0.6 is 0 Å². The number of para-hydroxylation sites is 1. The minimum Gasteiger partial charge on any atom is -0.326 e. The predicted molar refractivity (Wildman–Crippen MR) is 102 cm³/mol. The van der Waals surface area contributed by atoms with Crippen molar-refractivity contribution in [3.63, 3.8) is 0 Å². The van der Waals surface area contributed by atoms with Gasteiger partial charge in [0, 0.05) is 12.1 Å². The van der Waals surface area contributed by atoms with Gasteiger partial charge in [0.05, 0.1) is 12.8 Å². The number of rotatable bonds is 6. The number of carbonyl (C=O) groups is 1. The van der Waals surface area contributed by atoms with Gasteiger partial charge in [-0.1, -0.05) is 45.9 Å². The molecular weight excluding hydrogens is 336 g/mol. The van der Waals surface area contributed by atoms with E-state index in [1.807, 2.05) is 13.1 Å². The Morgan fingerprint density at radius 1 is 1.20 bits per heavy atom. The quantitative estimate of drug-likeness (QED) is 0.802. The summed E-state index contributed by atoms with van der Waals surface area (Å²) in [6.07, 6.45) is 0.640. The van der Waals surface area contributed by atoms with Gasteiger partial charge in [-0.15, -0.1) is 0 Å². The van der Waals surface area contributed by atoms with Crippen molar-refractivity contribution < 1.29 is 18.1 Å². The summed E-state index contributed by atoms with van der Waals surface area (Å²) in [5.41, 5.74) is 3.20. The fraction of sp³-hybridized carbons (Fsp3) is 0.632. The van der Waals surface area contributed by atoms with Crippen molar-refractivity contribution in [3.05, 3.63) is 29.3 Å². The number of likely N-dealkylation sites (N-methyl/N-ethyl adjacent to an activating group) is 1. The maximum absolute atomic E-state index is 12.6. The summed E-state index contributed by atoms with van der Waals surface area (Å²) in [5.74, 6) is 1.01. The smallest absolute Gasteiger partial charge is 0.279 e. The second-order valence-electron chi connectivity index (χ2n) is 7.79. The van der Waals surface area contributed by atoms with Gasteiger partial charge in [0.25, 0.3) is 5.91 Å². The topological polar surface area (TPSA) is 67.7 Å². The van der Waals surface area contributed by atoms with E-state index in [4.69, 9.17) is 0 Å². The van der Waals surface area contributed by atoms with Crippen LogP contribution in [0.5, 0.6) is 0 Å². The lowest BCUT2D eigenvalue weighted by atomic mass is 9.92. The molecule has 5 nitrogen and oxygen atoms in total. The summed E-state index contributed by atoms with van der Waals surface area (Å²) < 4.78 is 23.3. The molecule has 1 fully saturated rings. The number of hydrogen-bond acceptors (Lipinski definition) is 3. The third-order valence-corrected chi connectivity index (χ3v) is 6.77. The molecule has 0 radical (unpaired) electrons. The van der Waals surface area contributed by atoms with Gasteiger partial charge >= 0.3 is 0 Å². The van der Waals surface area contributed by atoms with Crippen molar-refractivity contribution in [1.29, 1.82) is 0 Å². The minimum atomic E-state index is -2.92. The van der Waals surface area contributed by atoms with Crippen LogP contribution in [0.2, 0.25) is 0 Å². The molecule has 0 spiro atoms. The van der Waals surface area contributed by atoms with E-state index in [1.165, 1.54) is 0 Å². The molecule has 1 saturated heterocycles. The lowest BCUT2D eigenvalue weighted by Crippen LogP contribution is -3.14. The van der Waals surface area contributed by atoms with E-state index in [1.54, 1.807) is 0 Å². The molecule has 1 aromatic carbocycles.